The molecule has 5 heteroatoms. The third kappa shape index (κ3) is 1.99. The van der Waals surface area contributed by atoms with Gasteiger partial charge in [0.2, 0.25) is 0 Å². The molecule has 0 amide bonds. The largest absolute Gasteiger partial charge is 0.394 e. The Labute approximate surface area is 102 Å². The summed E-state index contributed by atoms with van der Waals surface area (Å²) in [5.41, 5.74) is 7.91. The second-order valence-electron chi connectivity index (χ2n) is 5.07. The molecule has 0 aromatic carbocycles. The molecule has 1 aromatic heterocycles. The van der Waals surface area contributed by atoms with Crippen LogP contribution < -0.4 is 10.6 Å². The highest BCUT2D eigenvalue weighted by Crippen LogP contribution is 2.34. The molecule has 0 aliphatic carbocycles. The second-order valence-corrected chi connectivity index (χ2v) is 5.07. The van der Waals surface area contributed by atoms with Crippen molar-refractivity contribution in [2.75, 3.05) is 23.8 Å². The Bertz CT molecular complexity index is 399. The first kappa shape index (κ1) is 12.2. The van der Waals surface area contributed by atoms with Gasteiger partial charge in [-0.05, 0) is 18.8 Å². The summed E-state index contributed by atoms with van der Waals surface area (Å²) in [4.78, 5) is 2.19. The fourth-order valence-corrected chi connectivity index (χ4v) is 2.62. The van der Waals surface area contributed by atoms with Crippen molar-refractivity contribution in [1.82, 2.24) is 9.78 Å². The molecule has 0 spiro atoms. The Morgan fingerprint density at radius 1 is 1.53 bits per heavy atom. The van der Waals surface area contributed by atoms with Gasteiger partial charge >= 0.3 is 0 Å². The molecule has 2 rings (SSSR count). The van der Waals surface area contributed by atoms with Crippen LogP contribution in [0, 0.1) is 0 Å². The van der Waals surface area contributed by atoms with E-state index < -0.39 is 0 Å². The van der Waals surface area contributed by atoms with Gasteiger partial charge in [-0.2, -0.15) is 5.10 Å². The van der Waals surface area contributed by atoms with Crippen LogP contribution in [0.5, 0.6) is 0 Å². The van der Waals surface area contributed by atoms with E-state index in [0.29, 0.717) is 5.92 Å². The van der Waals surface area contributed by atoms with Gasteiger partial charge in [-0.3, -0.25) is 4.68 Å². The van der Waals surface area contributed by atoms with Crippen LogP contribution in [0.25, 0.3) is 0 Å². The van der Waals surface area contributed by atoms with Gasteiger partial charge in [0.15, 0.2) is 5.82 Å². The molecule has 1 atom stereocenters. The third-order valence-corrected chi connectivity index (χ3v) is 3.49. The highest BCUT2D eigenvalue weighted by molar-refractivity contribution is 5.68. The molecule has 2 heterocycles. The number of nitrogen functional groups attached to an aromatic ring is 1. The Morgan fingerprint density at radius 3 is 2.76 bits per heavy atom. The first-order chi connectivity index (χ1) is 8.06. The minimum absolute atomic E-state index is 0.182. The molecule has 1 fully saturated rings. The van der Waals surface area contributed by atoms with Crippen LogP contribution in [0.15, 0.2) is 0 Å². The molecule has 1 aliphatic heterocycles. The molecule has 3 N–H and O–H groups in total. The van der Waals surface area contributed by atoms with Crippen LogP contribution >= 0.6 is 0 Å². The summed E-state index contributed by atoms with van der Waals surface area (Å²) in [5, 5.41) is 13.9. The average molecular weight is 238 g/mol. The lowest BCUT2D eigenvalue weighted by Gasteiger charge is -2.25. The van der Waals surface area contributed by atoms with Gasteiger partial charge in [0.25, 0.3) is 0 Å². The minimum atomic E-state index is 0.182. The van der Waals surface area contributed by atoms with E-state index in [4.69, 9.17) is 5.73 Å². The molecule has 1 aromatic rings. The summed E-state index contributed by atoms with van der Waals surface area (Å²) < 4.78 is 1.85. The van der Waals surface area contributed by atoms with Crippen LogP contribution in [0.3, 0.4) is 0 Å². The second kappa shape index (κ2) is 4.56. The molecule has 96 valence electrons. The maximum absolute atomic E-state index is 9.38. The number of nitrogens with two attached hydrogens (primary N) is 1. The van der Waals surface area contributed by atoms with Crippen LogP contribution in [-0.2, 0) is 7.05 Å². The SMILES string of the molecule is CC(C)c1nn(C)c(N2CCCC2CO)c1N. The summed E-state index contributed by atoms with van der Waals surface area (Å²) in [6.07, 6.45) is 2.13. The molecule has 1 saturated heterocycles. The summed E-state index contributed by atoms with van der Waals surface area (Å²) >= 11 is 0. The average Bonchev–Trinajstić information content (AvgIpc) is 2.83. The first-order valence-corrected chi connectivity index (χ1v) is 6.26. The van der Waals surface area contributed by atoms with Gasteiger partial charge < -0.3 is 15.7 Å². The van der Waals surface area contributed by atoms with Crippen molar-refractivity contribution >= 4 is 11.5 Å². The van der Waals surface area contributed by atoms with Crippen molar-refractivity contribution in [3.05, 3.63) is 5.69 Å². The monoisotopic (exact) mass is 238 g/mol. The van der Waals surface area contributed by atoms with Gasteiger partial charge in [0.1, 0.15) is 0 Å². The number of nitrogens with zero attached hydrogens (tertiary/aromatic N) is 3. The van der Waals surface area contributed by atoms with Crippen LogP contribution in [0.2, 0.25) is 0 Å². The highest BCUT2D eigenvalue weighted by atomic mass is 16.3. The molecule has 1 aliphatic rings. The van der Waals surface area contributed by atoms with Crippen molar-refractivity contribution in [1.29, 1.82) is 0 Å². The Hall–Kier alpha value is -1.23. The van der Waals surface area contributed by atoms with Gasteiger partial charge in [0, 0.05) is 13.6 Å². The van der Waals surface area contributed by atoms with E-state index in [1.54, 1.807) is 0 Å². The van der Waals surface area contributed by atoms with Gasteiger partial charge in [0.05, 0.1) is 24.0 Å². The lowest BCUT2D eigenvalue weighted by molar-refractivity contribution is 0.265. The zero-order valence-corrected chi connectivity index (χ0v) is 10.8. The number of aryl methyl sites for hydroxylation is 1. The number of anilines is 2. The summed E-state index contributed by atoms with van der Waals surface area (Å²) in [7, 11) is 1.92. The van der Waals surface area contributed by atoms with Crippen LogP contribution in [0.1, 0.15) is 38.3 Å². The van der Waals surface area contributed by atoms with E-state index in [1.807, 2.05) is 11.7 Å². The van der Waals surface area contributed by atoms with Gasteiger partial charge in [-0.15, -0.1) is 0 Å². The Balaban J connectivity index is 2.38. The first-order valence-electron chi connectivity index (χ1n) is 6.26. The topological polar surface area (TPSA) is 67.3 Å². The molecule has 0 saturated carbocycles. The molecular weight excluding hydrogens is 216 g/mol. The quantitative estimate of drug-likeness (QED) is 0.827. The summed E-state index contributed by atoms with van der Waals surface area (Å²) in [6, 6.07) is 0.188. The number of aromatic nitrogens is 2. The van der Waals surface area contributed by atoms with E-state index in [1.165, 1.54) is 0 Å². The number of hydrogen-bond donors (Lipinski definition) is 2. The third-order valence-electron chi connectivity index (χ3n) is 3.49. The maximum Gasteiger partial charge on any atom is 0.150 e. The van der Waals surface area contributed by atoms with Crippen molar-refractivity contribution in [3.8, 4) is 0 Å². The molecular formula is C12H22N4O. The smallest absolute Gasteiger partial charge is 0.150 e. The van der Waals surface area contributed by atoms with Crippen molar-refractivity contribution in [2.24, 2.45) is 7.05 Å². The zero-order valence-electron chi connectivity index (χ0n) is 10.8. The van der Waals surface area contributed by atoms with Crippen LogP contribution in [0.4, 0.5) is 11.5 Å². The van der Waals surface area contributed by atoms with Crippen LogP contribution in [-0.4, -0.2) is 34.1 Å². The van der Waals surface area contributed by atoms with Gasteiger partial charge in [-0.25, -0.2) is 0 Å². The highest BCUT2D eigenvalue weighted by Gasteiger charge is 2.29. The van der Waals surface area contributed by atoms with E-state index in [9.17, 15) is 5.11 Å². The summed E-state index contributed by atoms with van der Waals surface area (Å²) in [5.74, 6) is 1.29. The molecule has 17 heavy (non-hydrogen) atoms. The number of rotatable bonds is 3. The van der Waals surface area contributed by atoms with Crippen molar-refractivity contribution in [2.45, 2.75) is 38.6 Å². The standard InChI is InChI=1S/C12H22N4O/c1-8(2)11-10(13)12(15(3)14-11)16-6-4-5-9(16)7-17/h8-9,17H,4-7,13H2,1-3H3. The van der Waals surface area contributed by atoms with E-state index in [0.717, 1.165) is 36.6 Å². The van der Waals surface area contributed by atoms with E-state index >= 15 is 0 Å². The minimum Gasteiger partial charge on any atom is -0.394 e. The van der Waals surface area contributed by atoms with E-state index in [2.05, 4.69) is 23.8 Å². The van der Waals surface area contributed by atoms with Crippen molar-refractivity contribution < 1.29 is 5.11 Å². The van der Waals surface area contributed by atoms with Crippen molar-refractivity contribution in [3.63, 3.8) is 0 Å². The fourth-order valence-electron chi connectivity index (χ4n) is 2.62. The van der Waals surface area contributed by atoms with E-state index in [-0.39, 0.29) is 12.6 Å². The predicted octanol–water partition coefficient (Wildman–Crippen LogP) is 1.09. The Morgan fingerprint density at radius 2 is 2.24 bits per heavy atom. The number of hydrogen-bond acceptors (Lipinski definition) is 4. The molecule has 0 bridgehead atoms. The lowest BCUT2D eigenvalue weighted by atomic mass is 10.1. The lowest BCUT2D eigenvalue weighted by Crippen LogP contribution is -2.34. The predicted molar refractivity (Wildman–Crippen MR) is 69.2 cm³/mol. The number of aliphatic hydroxyl groups is 1. The molecule has 5 nitrogen and oxygen atoms in total. The summed E-state index contributed by atoms with van der Waals surface area (Å²) in [6.45, 7) is 5.32. The van der Waals surface area contributed by atoms with Gasteiger partial charge in [-0.1, -0.05) is 13.8 Å². The molecule has 0 radical (unpaired) electrons. The fraction of sp³-hybridized carbons (Fsp3) is 0.750. The molecule has 1 unspecified atom stereocenters. The maximum atomic E-state index is 9.38. The number of aliphatic hydroxyl groups excluding tert-OH is 1. The Kier molecular flexibility index (Phi) is 3.28. The normalized spacial score (nSPS) is 20.5. The zero-order chi connectivity index (χ0) is 12.6.